The molecule has 0 spiro atoms. The Morgan fingerprint density at radius 3 is 2.90 bits per heavy atom. The van der Waals surface area contributed by atoms with E-state index in [1.54, 1.807) is 13.0 Å². The van der Waals surface area contributed by atoms with Gasteiger partial charge in [0.05, 0.1) is 10.8 Å². The molecule has 21 heavy (non-hydrogen) atoms. The Kier molecular flexibility index (Phi) is 6.58. The Morgan fingerprint density at radius 1 is 1.52 bits per heavy atom. The molecule has 0 saturated carbocycles. The average Bonchev–Trinajstić information content (AvgIpc) is 2.46. The van der Waals surface area contributed by atoms with Gasteiger partial charge in [-0.15, -0.1) is 12.4 Å². The summed E-state index contributed by atoms with van der Waals surface area (Å²) in [5.74, 6) is 0.0193. The minimum atomic E-state index is -0.397. The van der Waals surface area contributed by atoms with Gasteiger partial charge < -0.3 is 10.6 Å². The van der Waals surface area contributed by atoms with Crippen molar-refractivity contribution >= 4 is 24.0 Å². The van der Waals surface area contributed by atoms with Gasteiger partial charge in [0, 0.05) is 24.7 Å². The molecule has 0 radical (unpaired) electrons. The van der Waals surface area contributed by atoms with Gasteiger partial charge in [-0.2, -0.15) is 0 Å². The molecule has 0 aromatic heterocycles. The third-order valence-electron chi connectivity index (χ3n) is 3.73. The summed E-state index contributed by atoms with van der Waals surface area (Å²) in [6.45, 7) is 3.72. The van der Waals surface area contributed by atoms with Crippen molar-refractivity contribution in [1.82, 2.24) is 10.6 Å². The highest BCUT2D eigenvalue weighted by atomic mass is 35.5. The van der Waals surface area contributed by atoms with Crippen LogP contribution >= 0.6 is 12.4 Å². The molecule has 0 aliphatic carbocycles. The molecule has 2 N–H and O–H groups in total. The molecule has 2 rings (SSSR count). The summed E-state index contributed by atoms with van der Waals surface area (Å²) in [4.78, 5) is 22.5. The fourth-order valence-corrected chi connectivity index (χ4v) is 2.46. The Balaban J connectivity index is 0.00000220. The van der Waals surface area contributed by atoms with Gasteiger partial charge in [0.1, 0.15) is 0 Å². The molecule has 1 aliphatic rings. The van der Waals surface area contributed by atoms with Crippen molar-refractivity contribution < 1.29 is 9.72 Å². The van der Waals surface area contributed by atoms with Gasteiger partial charge in [-0.25, -0.2) is 0 Å². The second-order valence-corrected chi connectivity index (χ2v) is 5.08. The number of carbonyl (C=O) groups excluding carboxylic acids is 1. The molecule has 7 heteroatoms. The van der Waals surface area contributed by atoms with E-state index in [4.69, 9.17) is 0 Å². The summed E-state index contributed by atoms with van der Waals surface area (Å²) in [5, 5.41) is 16.9. The number of piperidine rings is 1. The molecule has 1 fully saturated rings. The lowest BCUT2D eigenvalue weighted by atomic mass is 9.98. The van der Waals surface area contributed by atoms with Crippen LogP contribution in [0.4, 0.5) is 5.69 Å². The van der Waals surface area contributed by atoms with Crippen molar-refractivity contribution in [2.75, 3.05) is 13.1 Å². The van der Waals surface area contributed by atoms with Gasteiger partial charge in [-0.1, -0.05) is 12.1 Å². The van der Waals surface area contributed by atoms with Crippen molar-refractivity contribution in [2.45, 2.75) is 26.3 Å². The maximum absolute atomic E-state index is 12.0. The van der Waals surface area contributed by atoms with Crippen molar-refractivity contribution in [3.63, 3.8) is 0 Å². The summed E-state index contributed by atoms with van der Waals surface area (Å²) >= 11 is 0. The van der Waals surface area contributed by atoms with Crippen LogP contribution in [0.1, 0.15) is 24.0 Å². The first-order valence-electron chi connectivity index (χ1n) is 6.81. The Morgan fingerprint density at radius 2 is 2.29 bits per heavy atom. The Hall–Kier alpha value is -1.66. The highest BCUT2D eigenvalue weighted by Crippen LogP contribution is 2.21. The number of amides is 1. The zero-order chi connectivity index (χ0) is 14.5. The molecule has 116 valence electrons. The summed E-state index contributed by atoms with van der Waals surface area (Å²) < 4.78 is 0. The van der Waals surface area contributed by atoms with Gasteiger partial charge in [-0.3, -0.25) is 14.9 Å². The molecular weight excluding hydrogens is 294 g/mol. The predicted molar refractivity (Wildman–Crippen MR) is 82.5 cm³/mol. The molecule has 0 bridgehead atoms. The zero-order valence-electron chi connectivity index (χ0n) is 11.9. The maximum atomic E-state index is 12.0. The molecule has 1 aromatic rings. The molecule has 1 saturated heterocycles. The first-order chi connectivity index (χ1) is 9.59. The van der Waals surface area contributed by atoms with E-state index in [0.29, 0.717) is 18.7 Å². The van der Waals surface area contributed by atoms with E-state index in [2.05, 4.69) is 10.6 Å². The van der Waals surface area contributed by atoms with Gasteiger partial charge in [0.2, 0.25) is 5.91 Å². The minimum Gasteiger partial charge on any atom is -0.352 e. The molecule has 1 aromatic carbocycles. The van der Waals surface area contributed by atoms with Crippen LogP contribution < -0.4 is 10.6 Å². The number of nitrogens with one attached hydrogen (secondary N) is 2. The maximum Gasteiger partial charge on any atom is 0.272 e. The monoisotopic (exact) mass is 313 g/mol. The van der Waals surface area contributed by atoms with Gasteiger partial charge in [0.25, 0.3) is 5.69 Å². The number of rotatable bonds is 4. The third kappa shape index (κ3) is 4.41. The molecule has 1 aliphatic heterocycles. The molecule has 1 unspecified atom stereocenters. The predicted octanol–water partition coefficient (Wildman–Crippen LogP) is 1.94. The first-order valence-corrected chi connectivity index (χ1v) is 6.81. The number of hydrogen-bond donors (Lipinski definition) is 2. The second kappa shape index (κ2) is 7.95. The summed E-state index contributed by atoms with van der Waals surface area (Å²) in [6, 6.07) is 4.93. The van der Waals surface area contributed by atoms with Gasteiger partial charge in [-0.05, 0) is 31.9 Å². The fraction of sp³-hybridized carbons (Fsp3) is 0.500. The number of hydrogen-bond acceptors (Lipinski definition) is 4. The number of nitro benzene ring substituents is 1. The number of benzene rings is 1. The number of nitro groups is 1. The highest BCUT2D eigenvalue weighted by molar-refractivity contribution is 5.85. The zero-order valence-corrected chi connectivity index (χ0v) is 12.7. The molecule has 1 heterocycles. The van der Waals surface area contributed by atoms with Crippen LogP contribution in [-0.4, -0.2) is 23.9 Å². The van der Waals surface area contributed by atoms with Crippen LogP contribution in [0, 0.1) is 23.0 Å². The van der Waals surface area contributed by atoms with Crippen molar-refractivity contribution in [1.29, 1.82) is 0 Å². The van der Waals surface area contributed by atoms with E-state index in [1.807, 2.05) is 6.07 Å². The Labute approximate surface area is 129 Å². The van der Waals surface area contributed by atoms with Crippen LogP contribution in [-0.2, 0) is 11.3 Å². The normalized spacial score (nSPS) is 17.7. The lowest BCUT2D eigenvalue weighted by Crippen LogP contribution is -2.40. The van der Waals surface area contributed by atoms with E-state index in [1.165, 1.54) is 6.07 Å². The van der Waals surface area contributed by atoms with Crippen LogP contribution in [0.5, 0.6) is 0 Å². The molecule has 1 amide bonds. The van der Waals surface area contributed by atoms with Gasteiger partial charge in [0.15, 0.2) is 0 Å². The quantitative estimate of drug-likeness (QED) is 0.657. The van der Waals surface area contributed by atoms with Crippen LogP contribution in [0.25, 0.3) is 0 Å². The van der Waals surface area contributed by atoms with Crippen LogP contribution in [0.15, 0.2) is 18.2 Å². The fourth-order valence-electron chi connectivity index (χ4n) is 2.46. The van der Waals surface area contributed by atoms with E-state index in [9.17, 15) is 14.9 Å². The summed E-state index contributed by atoms with van der Waals surface area (Å²) in [6.07, 6.45) is 1.90. The van der Waals surface area contributed by atoms with Crippen molar-refractivity contribution in [3.05, 3.63) is 39.4 Å². The SMILES string of the molecule is Cc1c(CNC(=O)C2CCCNC2)cccc1[N+](=O)[O-].Cl. The van der Waals surface area contributed by atoms with E-state index >= 15 is 0 Å². The topological polar surface area (TPSA) is 84.3 Å². The summed E-state index contributed by atoms with van der Waals surface area (Å²) in [5.41, 5.74) is 1.49. The van der Waals surface area contributed by atoms with Gasteiger partial charge >= 0.3 is 0 Å². The van der Waals surface area contributed by atoms with E-state index in [-0.39, 0.29) is 29.9 Å². The second-order valence-electron chi connectivity index (χ2n) is 5.08. The lowest BCUT2D eigenvalue weighted by Gasteiger charge is -2.22. The third-order valence-corrected chi connectivity index (χ3v) is 3.73. The number of nitrogens with zero attached hydrogens (tertiary/aromatic N) is 1. The minimum absolute atomic E-state index is 0. The Bertz CT molecular complexity index is 516. The van der Waals surface area contributed by atoms with Crippen LogP contribution in [0.3, 0.4) is 0 Å². The van der Waals surface area contributed by atoms with Crippen molar-refractivity contribution in [2.24, 2.45) is 5.92 Å². The average molecular weight is 314 g/mol. The lowest BCUT2D eigenvalue weighted by molar-refractivity contribution is -0.385. The van der Waals surface area contributed by atoms with Crippen LogP contribution in [0.2, 0.25) is 0 Å². The van der Waals surface area contributed by atoms with E-state index in [0.717, 1.165) is 24.9 Å². The molecule has 6 nitrogen and oxygen atoms in total. The standard InChI is InChI=1S/C14H19N3O3.ClH/c1-10-11(4-2-6-13(10)17(19)20)9-16-14(18)12-5-3-7-15-8-12;/h2,4,6,12,15H,3,5,7-9H2,1H3,(H,16,18);1H. The summed E-state index contributed by atoms with van der Waals surface area (Å²) in [7, 11) is 0. The van der Waals surface area contributed by atoms with E-state index < -0.39 is 4.92 Å². The smallest absolute Gasteiger partial charge is 0.272 e. The molecular formula is C14H20ClN3O3. The first kappa shape index (κ1) is 17.4. The number of carbonyl (C=O) groups is 1. The number of halogens is 1. The largest absolute Gasteiger partial charge is 0.352 e. The van der Waals surface area contributed by atoms with Crippen molar-refractivity contribution in [3.8, 4) is 0 Å². The molecule has 1 atom stereocenters. The highest BCUT2D eigenvalue weighted by Gasteiger charge is 2.21.